The summed E-state index contributed by atoms with van der Waals surface area (Å²) in [5.41, 5.74) is 2.68. The van der Waals surface area contributed by atoms with Crippen molar-refractivity contribution in [1.29, 1.82) is 0 Å². The summed E-state index contributed by atoms with van der Waals surface area (Å²) in [4.78, 5) is 18.8. The van der Waals surface area contributed by atoms with E-state index in [9.17, 15) is 4.79 Å². The molecule has 0 spiro atoms. The summed E-state index contributed by atoms with van der Waals surface area (Å²) in [6, 6.07) is 12.4. The van der Waals surface area contributed by atoms with E-state index in [0.29, 0.717) is 62.2 Å². The molecule has 4 aromatic rings. The van der Waals surface area contributed by atoms with Crippen LogP contribution in [0, 0.1) is 0 Å². The summed E-state index contributed by atoms with van der Waals surface area (Å²) < 4.78 is 21.4. The fourth-order valence-electron chi connectivity index (χ4n) is 4.92. The first-order valence-electron chi connectivity index (χ1n) is 12.7. The highest BCUT2D eigenvalue weighted by molar-refractivity contribution is 6.35. The fraction of sp³-hybridized carbons (Fsp3) is 0.276. The zero-order chi connectivity index (χ0) is 27.7. The lowest BCUT2D eigenvalue weighted by molar-refractivity contribution is 0.0674. The minimum atomic E-state index is -0.459. The molecule has 1 aliphatic rings. The average molecular weight is 568 g/mol. The van der Waals surface area contributed by atoms with Crippen molar-refractivity contribution in [3.05, 3.63) is 87.3 Å². The number of hydrogen-bond acceptors (Lipinski definition) is 5. The number of H-pyrrole nitrogens is 1. The molecule has 1 aliphatic heterocycles. The molecule has 10 heteroatoms. The van der Waals surface area contributed by atoms with Gasteiger partial charge in [-0.05, 0) is 51.1 Å². The van der Waals surface area contributed by atoms with Gasteiger partial charge in [-0.3, -0.25) is 14.9 Å². The van der Waals surface area contributed by atoms with Crippen LogP contribution >= 0.6 is 23.2 Å². The van der Waals surface area contributed by atoms with Crippen molar-refractivity contribution in [2.45, 2.75) is 39.0 Å². The molecule has 39 heavy (non-hydrogen) atoms. The lowest BCUT2D eigenvalue weighted by Gasteiger charge is -2.36. The minimum Gasteiger partial charge on any atom is -0.486 e. The van der Waals surface area contributed by atoms with E-state index in [-0.39, 0.29) is 18.0 Å². The van der Waals surface area contributed by atoms with E-state index in [1.165, 1.54) is 18.5 Å². The van der Waals surface area contributed by atoms with Gasteiger partial charge in [0.15, 0.2) is 0 Å². The number of ether oxygens (including phenoxy) is 1. The molecule has 0 radical (unpaired) electrons. The number of nitrogens with zero attached hydrogens (tertiary/aromatic N) is 3. The van der Waals surface area contributed by atoms with Crippen molar-refractivity contribution in [2.75, 3.05) is 13.1 Å². The lowest BCUT2D eigenvalue weighted by Crippen LogP contribution is -2.55. The molecule has 2 N–H and O–H groups in total. The van der Waals surface area contributed by atoms with E-state index in [2.05, 4.69) is 34.3 Å². The highest BCUT2D eigenvalue weighted by Gasteiger charge is 2.25. The first kappa shape index (κ1) is 27.1. The van der Waals surface area contributed by atoms with E-state index in [0.717, 1.165) is 0 Å². The molecular weight excluding hydrogens is 540 g/mol. The van der Waals surface area contributed by atoms with E-state index in [1.54, 1.807) is 42.5 Å². The van der Waals surface area contributed by atoms with Gasteiger partial charge < -0.3 is 15.0 Å². The molecule has 1 fully saturated rings. The molecule has 1 saturated heterocycles. The molecule has 0 saturated carbocycles. The Morgan fingerprint density at radius 2 is 1.72 bits per heavy atom. The average Bonchev–Trinajstić information content (AvgIpc) is 3.29. The van der Waals surface area contributed by atoms with Gasteiger partial charge in [-0.25, -0.2) is 4.39 Å². The van der Waals surface area contributed by atoms with E-state index < -0.39 is 11.9 Å². The highest BCUT2D eigenvalue weighted by Crippen LogP contribution is 2.34. The van der Waals surface area contributed by atoms with Crippen LogP contribution in [0.15, 0.2) is 54.9 Å². The number of fused-ring (bicyclic) bond motifs is 1. The lowest BCUT2D eigenvalue weighted by atomic mass is 10.1. The second-order valence-corrected chi connectivity index (χ2v) is 10.7. The summed E-state index contributed by atoms with van der Waals surface area (Å²) in [5, 5.41) is 12.1. The normalized spacial score (nSPS) is 18.8. The van der Waals surface area contributed by atoms with Gasteiger partial charge in [0.05, 0.1) is 21.3 Å². The Hall–Kier alpha value is -3.46. The number of halogens is 3. The number of nitrogens with one attached hydrogen (secondary N) is 2. The molecule has 1 amide bonds. The molecule has 5 rings (SSSR count). The van der Waals surface area contributed by atoms with Gasteiger partial charge >= 0.3 is 0 Å². The molecule has 3 atom stereocenters. The van der Waals surface area contributed by atoms with Gasteiger partial charge in [-0.15, -0.1) is 0 Å². The van der Waals surface area contributed by atoms with Crippen LogP contribution < -0.4 is 10.1 Å². The minimum absolute atomic E-state index is 0.0539. The maximum Gasteiger partial charge on any atom is 0.253 e. The second-order valence-electron chi connectivity index (χ2n) is 9.84. The predicted molar refractivity (Wildman–Crippen MR) is 153 cm³/mol. The largest absolute Gasteiger partial charge is 0.486 e. The predicted octanol–water partition coefficient (Wildman–Crippen LogP) is 6.69. The number of amides is 1. The van der Waals surface area contributed by atoms with Gasteiger partial charge in [0.2, 0.25) is 0 Å². The third-order valence-corrected chi connectivity index (χ3v) is 7.29. The topological polar surface area (TPSA) is 83.1 Å². The zero-order valence-electron chi connectivity index (χ0n) is 21.7. The van der Waals surface area contributed by atoms with Crippen LogP contribution in [0.5, 0.6) is 5.75 Å². The summed E-state index contributed by atoms with van der Waals surface area (Å²) in [6.45, 7) is 7.23. The number of piperazine rings is 1. The smallest absolute Gasteiger partial charge is 0.253 e. The van der Waals surface area contributed by atoms with Crippen LogP contribution in [-0.2, 0) is 0 Å². The van der Waals surface area contributed by atoms with Crippen LogP contribution in [0.1, 0.15) is 54.1 Å². The maximum atomic E-state index is 15.3. The first-order valence-corrected chi connectivity index (χ1v) is 13.4. The van der Waals surface area contributed by atoms with E-state index in [1.807, 2.05) is 11.8 Å². The maximum absolute atomic E-state index is 15.3. The SMILES string of the molecule is CC(Oc1ccc2n[nH]c(/C=C(\F)c3ccc(C(=O)N4C[C@@H](C)N[C@@H](C)C4)cc3)c2c1)c1c(Cl)cncc1Cl. The molecule has 0 bridgehead atoms. The Kier molecular flexibility index (Phi) is 7.88. The molecule has 2 aromatic heterocycles. The Bertz CT molecular complexity index is 1510. The third kappa shape index (κ3) is 5.93. The highest BCUT2D eigenvalue weighted by atomic mass is 35.5. The molecule has 0 aliphatic carbocycles. The van der Waals surface area contributed by atoms with Crippen molar-refractivity contribution in [2.24, 2.45) is 0 Å². The van der Waals surface area contributed by atoms with Gasteiger partial charge in [0.1, 0.15) is 17.7 Å². The standard InChI is InChI=1S/C29H28Cl2FN5O2/c1-16-14-37(15-17(2)34-16)29(38)20-6-4-19(5-7-20)25(32)11-27-22-10-21(8-9-26(22)35-36-27)39-18(3)28-23(30)12-33-13-24(28)31/h4-13,16-18,34H,14-15H2,1-3H3,(H,35,36)/b25-11-/t16-,17+,18?. The molecule has 2 aromatic carbocycles. The summed E-state index contributed by atoms with van der Waals surface area (Å²) in [6.07, 6.45) is 3.97. The van der Waals surface area contributed by atoms with Crippen molar-refractivity contribution < 1.29 is 13.9 Å². The van der Waals surface area contributed by atoms with Crippen LogP contribution in [0.25, 0.3) is 22.8 Å². The Labute approximate surface area is 236 Å². The van der Waals surface area contributed by atoms with Crippen LogP contribution in [0.3, 0.4) is 0 Å². The zero-order valence-corrected chi connectivity index (χ0v) is 23.2. The number of rotatable bonds is 6. The number of aromatic amines is 1. The Balaban J connectivity index is 1.34. The van der Waals surface area contributed by atoms with E-state index >= 15 is 4.39 Å². The van der Waals surface area contributed by atoms with Gasteiger partial charge in [0.25, 0.3) is 5.91 Å². The molecule has 1 unspecified atom stereocenters. The molecule has 3 heterocycles. The quantitative estimate of drug-likeness (QED) is 0.271. The summed E-state index contributed by atoms with van der Waals surface area (Å²) in [5.74, 6) is 0.0376. The summed E-state index contributed by atoms with van der Waals surface area (Å²) in [7, 11) is 0. The molecule has 202 valence electrons. The second kappa shape index (κ2) is 11.3. The van der Waals surface area contributed by atoms with Gasteiger partial charge in [-0.1, -0.05) is 35.3 Å². The van der Waals surface area contributed by atoms with Crippen molar-refractivity contribution in [3.63, 3.8) is 0 Å². The number of hydrogen-bond donors (Lipinski definition) is 2. The van der Waals surface area contributed by atoms with Crippen molar-refractivity contribution in [3.8, 4) is 5.75 Å². The number of carbonyl (C=O) groups is 1. The van der Waals surface area contributed by atoms with Crippen molar-refractivity contribution >= 4 is 51.9 Å². The van der Waals surface area contributed by atoms with Gasteiger partial charge in [-0.2, -0.15) is 5.10 Å². The van der Waals surface area contributed by atoms with Crippen molar-refractivity contribution in [1.82, 2.24) is 25.4 Å². The first-order chi connectivity index (χ1) is 18.7. The fourth-order valence-corrected chi connectivity index (χ4v) is 5.59. The number of benzene rings is 2. The van der Waals surface area contributed by atoms with Crippen LogP contribution in [0.4, 0.5) is 4.39 Å². The summed E-state index contributed by atoms with van der Waals surface area (Å²) >= 11 is 12.5. The molecule has 7 nitrogen and oxygen atoms in total. The Morgan fingerprint density at radius 1 is 1.08 bits per heavy atom. The Morgan fingerprint density at radius 3 is 2.38 bits per heavy atom. The number of aromatic nitrogens is 3. The number of carbonyl (C=O) groups excluding carboxylic acids is 1. The third-order valence-electron chi connectivity index (χ3n) is 6.69. The van der Waals surface area contributed by atoms with Gasteiger partial charge in [0, 0.05) is 65.7 Å². The molecular formula is C29H28Cl2FN5O2. The number of pyridine rings is 1. The van der Waals surface area contributed by atoms with Crippen LogP contribution in [-0.4, -0.2) is 51.2 Å². The monoisotopic (exact) mass is 567 g/mol. The van der Waals surface area contributed by atoms with E-state index in [4.69, 9.17) is 27.9 Å². The van der Waals surface area contributed by atoms with Crippen LogP contribution in [0.2, 0.25) is 10.0 Å².